The molecule has 0 aromatic heterocycles. The van der Waals surface area contributed by atoms with Crippen LogP contribution in [-0.4, -0.2) is 0 Å². The second-order valence-electron chi connectivity index (χ2n) is 11.0. The zero-order valence-electron chi connectivity index (χ0n) is 24.4. The molecule has 0 fully saturated rings. The highest BCUT2D eigenvalue weighted by Crippen LogP contribution is 3.04. The molecule has 0 saturated heterocycles. The molecule has 2 aliphatic rings. The van der Waals surface area contributed by atoms with E-state index in [1.165, 1.54) is 0 Å². The van der Waals surface area contributed by atoms with Crippen molar-refractivity contribution in [1.82, 2.24) is 0 Å². The van der Waals surface area contributed by atoms with Crippen LogP contribution >= 0.6 is 20.4 Å². The first kappa shape index (κ1) is 37.7. The summed E-state index contributed by atoms with van der Waals surface area (Å²) in [6, 6.07) is 0.993. The van der Waals surface area contributed by atoms with E-state index in [0.29, 0.717) is 0 Å². The second kappa shape index (κ2) is 10.1. The van der Waals surface area contributed by atoms with Crippen LogP contribution < -0.4 is 10.4 Å². The number of fused-ring (bicyclic) bond motifs is 2. The number of rotatable bonds is 4. The van der Waals surface area contributed by atoms with Gasteiger partial charge < -0.3 is 0 Å². The minimum atomic E-state index is -11.8. The zero-order valence-corrected chi connectivity index (χ0v) is 26.0. The topological polar surface area (TPSA) is 56.3 Å². The van der Waals surface area contributed by atoms with Gasteiger partial charge in [0.1, 0.15) is 40.6 Å². The maximum absolute atomic E-state index is 15.3. The Hall–Kier alpha value is -5.58. The van der Waals surface area contributed by atoms with Crippen LogP contribution in [0.3, 0.4) is 0 Å². The molecule has 0 amide bonds. The van der Waals surface area contributed by atoms with E-state index in [4.69, 9.17) is 13.1 Å². The SMILES string of the molecule is [C-]#[N+]C([N+]#[C-])=C1Cc2c(S(F)(F)(F)(F)F)c3c(c(S(F)(F)(F)(F)F)c2=C1c1cc(F)c(F)c(F)c1)CC(=C(C#N)C#N)C=3c1cc(F)c(F)c(F)c1. The van der Waals surface area contributed by atoms with Gasteiger partial charge in [-0.2, -0.15) is 20.2 Å². The summed E-state index contributed by atoms with van der Waals surface area (Å²) in [4.78, 5) is -1.90. The second-order valence-corrected chi connectivity index (χ2v) is 15.7. The summed E-state index contributed by atoms with van der Waals surface area (Å²) in [6.07, 6.45) is -4.23. The molecular formula is C30H8F16N4S2. The molecule has 272 valence electrons. The quantitative estimate of drug-likeness (QED) is 0.114. The van der Waals surface area contributed by atoms with E-state index in [1.807, 2.05) is 0 Å². The van der Waals surface area contributed by atoms with E-state index in [-0.39, 0.29) is 24.3 Å². The normalized spacial score (nSPS) is 16.7. The van der Waals surface area contributed by atoms with E-state index >= 15 is 38.9 Å². The van der Waals surface area contributed by atoms with Crippen molar-refractivity contribution in [2.24, 2.45) is 0 Å². The summed E-state index contributed by atoms with van der Waals surface area (Å²) < 4.78 is 239. The summed E-state index contributed by atoms with van der Waals surface area (Å²) in [5, 5.41) is 13.8. The lowest BCUT2D eigenvalue weighted by atomic mass is 9.95. The summed E-state index contributed by atoms with van der Waals surface area (Å²) >= 11 is 0. The van der Waals surface area contributed by atoms with Crippen LogP contribution in [0.2, 0.25) is 0 Å². The smallest absolute Gasteiger partial charge is 0.204 e. The number of nitrogens with zero attached hydrogens (tertiary/aromatic N) is 4. The van der Waals surface area contributed by atoms with Crippen molar-refractivity contribution in [3.8, 4) is 12.1 Å². The molecule has 2 aliphatic carbocycles. The van der Waals surface area contributed by atoms with Gasteiger partial charge in [0, 0.05) is 16.9 Å². The molecule has 0 radical (unpaired) electrons. The summed E-state index contributed by atoms with van der Waals surface area (Å²) in [7, 11) is -23.5. The molecule has 0 bridgehead atoms. The summed E-state index contributed by atoms with van der Waals surface area (Å²) in [6.45, 7) is 14.4. The van der Waals surface area contributed by atoms with Crippen LogP contribution in [0, 0.1) is 70.7 Å². The number of halogens is 16. The van der Waals surface area contributed by atoms with Gasteiger partial charge in [-0.15, -0.1) is 0 Å². The van der Waals surface area contributed by atoms with Gasteiger partial charge in [0.25, 0.3) is 0 Å². The van der Waals surface area contributed by atoms with E-state index in [2.05, 4.69) is 9.69 Å². The van der Waals surface area contributed by atoms with Gasteiger partial charge in [0.15, 0.2) is 34.9 Å². The Bertz CT molecular complexity index is 2370. The molecule has 3 aromatic rings. The van der Waals surface area contributed by atoms with Gasteiger partial charge in [0.2, 0.25) is 0 Å². The molecule has 4 nitrogen and oxygen atoms in total. The predicted molar refractivity (Wildman–Crippen MR) is 152 cm³/mol. The van der Waals surface area contributed by atoms with Gasteiger partial charge in [-0.25, -0.2) is 26.3 Å². The largest absolute Gasteiger partial charge is 0.523 e. The Morgan fingerprint density at radius 1 is 0.558 bits per heavy atom. The monoisotopic (exact) mass is 792 g/mol. The van der Waals surface area contributed by atoms with Crippen molar-refractivity contribution in [1.29, 1.82) is 10.5 Å². The molecule has 52 heavy (non-hydrogen) atoms. The molecule has 0 spiro atoms. The fourth-order valence-corrected chi connectivity index (χ4v) is 8.62. The molecule has 5 rings (SSSR count). The number of nitriles is 2. The average molecular weight is 793 g/mol. The third-order valence-corrected chi connectivity index (χ3v) is 10.2. The number of hydrogen-bond donors (Lipinski definition) is 0. The molecule has 0 atom stereocenters. The Balaban J connectivity index is 2.38. The minimum absolute atomic E-state index is 0.243. The highest BCUT2D eigenvalue weighted by Gasteiger charge is 2.72. The maximum atomic E-state index is 15.3. The van der Waals surface area contributed by atoms with E-state index in [9.17, 15) is 36.9 Å². The summed E-state index contributed by atoms with van der Waals surface area (Å²) in [5.74, 6) is -15.5. The Kier molecular flexibility index (Phi) is 7.28. The Morgan fingerprint density at radius 3 is 1.15 bits per heavy atom. The zero-order chi connectivity index (χ0) is 39.4. The molecule has 0 N–H and O–H groups in total. The predicted octanol–water partition coefficient (Wildman–Crippen LogP) is 10.7. The van der Waals surface area contributed by atoms with Gasteiger partial charge in [-0.3, -0.25) is 0 Å². The average Bonchev–Trinajstić information content (AvgIpc) is 3.54. The van der Waals surface area contributed by atoms with Crippen molar-refractivity contribution < 1.29 is 65.2 Å². The van der Waals surface area contributed by atoms with Crippen LogP contribution in [0.4, 0.5) is 65.2 Å². The van der Waals surface area contributed by atoms with Crippen LogP contribution in [0.15, 0.2) is 56.6 Å². The standard InChI is InChI=1S/C30H8F16N4S2/c1-49-30(50-2)17-8-16-25(23(17)12-5-20(33)27(36)21(34)6-12)28(51(37,38,39,40)41)15-7-14(13(9-47)10-48)22(11-3-18(31)26(35)19(32)4-11)24(15)29(16)52(42,43,44,45)46/h3-6H,7-8H2. The molecule has 0 unspecified atom stereocenters. The van der Waals surface area contributed by atoms with Crippen LogP contribution in [0.5, 0.6) is 0 Å². The van der Waals surface area contributed by atoms with E-state index in [0.717, 1.165) is 12.1 Å². The van der Waals surface area contributed by atoms with Crippen molar-refractivity contribution in [3.63, 3.8) is 0 Å². The lowest BCUT2D eigenvalue weighted by Crippen LogP contribution is -2.34. The number of hydrogen-bond acceptors (Lipinski definition) is 2. The first-order chi connectivity index (χ1) is 23.4. The summed E-state index contributed by atoms with van der Waals surface area (Å²) in [5.41, 5.74) is -16.3. The van der Waals surface area contributed by atoms with Crippen molar-refractivity contribution in [2.75, 3.05) is 0 Å². The fraction of sp³-hybridized carbons (Fsp3) is 0.0667. The maximum Gasteiger partial charge on any atom is 0.523 e. The van der Waals surface area contributed by atoms with Gasteiger partial charge >= 0.3 is 26.3 Å². The highest BCUT2D eigenvalue weighted by atomic mass is 32.5. The molecule has 3 aromatic carbocycles. The number of allylic oxidation sites excluding steroid dienone is 3. The molecule has 0 saturated carbocycles. The van der Waals surface area contributed by atoms with Gasteiger partial charge in [-0.05, 0) is 69.7 Å². The van der Waals surface area contributed by atoms with Crippen molar-refractivity contribution in [2.45, 2.75) is 22.6 Å². The highest BCUT2D eigenvalue weighted by molar-refractivity contribution is 8.46. The third-order valence-electron chi connectivity index (χ3n) is 7.74. The van der Waals surface area contributed by atoms with Crippen molar-refractivity contribution >= 4 is 31.6 Å². The first-order valence-electron chi connectivity index (χ1n) is 13.2. The van der Waals surface area contributed by atoms with E-state index < -0.39 is 144 Å². The van der Waals surface area contributed by atoms with Gasteiger partial charge in [0.05, 0.1) is 5.57 Å². The van der Waals surface area contributed by atoms with Crippen molar-refractivity contribution in [3.05, 3.63) is 137 Å². The van der Waals surface area contributed by atoms with Gasteiger partial charge in [-0.1, -0.05) is 38.9 Å². The third kappa shape index (κ3) is 5.97. The van der Waals surface area contributed by atoms with E-state index in [1.54, 1.807) is 0 Å². The number of benzene rings is 3. The molecule has 0 heterocycles. The lowest BCUT2D eigenvalue weighted by molar-refractivity contribution is 0.352. The van der Waals surface area contributed by atoms with Crippen LogP contribution in [0.1, 0.15) is 22.3 Å². The Morgan fingerprint density at radius 2 is 0.865 bits per heavy atom. The lowest BCUT2D eigenvalue weighted by Gasteiger charge is -2.45. The Labute approximate surface area is 279 Å². The minimum Gasteiger partial charge on any atom is -0.204 e. The first-order valence-corrected chi connectivity index (χ1v) is 17.1. The van der Waals surface area contributed by atoms with Crippen LogP contribution in [0.25, 0.3) is 20.8 Å². The molecule has 0 aliphatic heterocycles. The molecular weight excluding hydrogens is 784 g/mol. The fourth-order valence-electron chi connectivity index (χ4n) is 6.11. The molecule has 22 heteroatoms. The van der Waals surface area contributed by atoms with Crippen LogP contribution in [-0.2, 0) is 12.8 Å².